The van der Waals surface area contributed by atoms with Crippen LogP contribution in [0.15, 0.2) is 71.0 Å². The molecular formula is C22H25N3O2S. The Morgan fingerprint density at radius 2 is 1.96 bits per heavy atom. The van der Waals surface area contributed by atoms with Crippen molar-refractivity contribution in [1.29, 1.82) is 0 Å². The lowest BCUT2D eigenvalue weighted by atomic mass is 9.98. The van der Waals surface area contributed by atoms with Gasteiger partial charge in [-0.1, -0.05) is 44.2 Å². The number of anilines is 1. The van der Waals surface area contributed by atoms with Gasteiger partial charge in [-0.25, -0.2) is 4.98 Å². The van der Waals surface area contributed by atoms with Gasteiger partial charge in [0.2, 0.25) is 0 Å². The van der Waals surface area contributed by atoms with Crippen molar-refractivity contribution in [3.05, 3.63) is 66.5 Å². The largest absolute Gasteiger partial charge is 0.483 e. The van der Waals surface area contributed by atoms with Crippen LogP contribution in [0.25, 0.3) is 0 Å². The normalized spacial score (nSPS) is 11.8. The van der Waals surface area contributed by atoms with Gasteiger partial charge < -0.3 is 14.6 Å². The molecule has 1 aromatic heterocycles. The van der Waals surface area contributed by atoms with Crippen LogP contribution in [0.5, 0.6) is 5.75 Å². The molecule has 0 aliphatic heterocycles. The molecule has 1 amide bonds. The minimum Gasteiger partial charge on any atom is -0.483 e. The monoisotopic (exact) mass is 395 g/mol. The Kier molecular flexibility index (Phi) is 6.76. The van der Waals surface area contributed by atoms with Crippen LogP contribution >= 0.6 is 11.8 Å². The molecule has 146 valence electrons. The number of benzene rings is 2. The molecule has 1 N–H and O–H groups in total. The lowest BCUT2D eigenvalue weighted by Crippen LogP contribution is -2.21. The number of para-hydroxylation sites is 2. The highest BCUT2D eigenvalue weighted by atomic mass is 32.2. The minimum absolute atomic E-state index is 0.0329. The first-order chi connectivity index (χ1) is 13.6. The summed E-state index contributed by atoms with van der Waals surface area (Å²) in [4.78, 5) is 17.8. The number of carbonyl (C=O) groups is 1. The molecule has 5 nitrogen and oxygen atoms in total. The quantitative estimate of drug-likeness (QED) is 0.576. The zero-order valence-corrected chi connectivity index (χ0v) is 17.2. The molecule has 3 rings (SSSR count). The highest BCUT2D eigenvalue weighted by Gasteiger charge is 2.13. The summed E-state index contributed by atoms with van der Waals surface area (Å²) in [7, 11) is 1.94. The van der Waals surface area contributed by atoms with E-state index in [0.29, 0.717) is 5.92 Å². The second-order valence-electron chi connectivity index (χ2n) is 6.60. The molecule has 0 radical (unpaired) electrons. The zero-order chi connectivity index (χ0) is 19.9. The first-order valence-corrected chi connectivity index (χ1v) is 10.2. The summed E-state index contributed by atoms with van der Waals surface area (Å²) in [5.41, 5.74) is 1.88. The Balaban J connectivity index is 1.66. The number of aromatic nitrogens is 2. The van der Waals surface area contributed by atoms with E-state index in [2.05, 4.69) is 30.2 Å². The first kappa shape index (κ1) is 20.0. The molecule has 28 heavy (non-hydrogen) atoms. The van der Waals surface area contributed by atoms with Crippen molar-refractivity contribution in [2.45, 2.75) is 36.2 Å². The SMILES string of the molecule is CCC(C)c1ccccc1OCC(=O)Nc1ccccc1Sc1nccn1C. The predicted octanol–water partition coefficient (Wildman–Crippen LogP) is 5.10. The number of hydrogen-bond acceptors (Lipinski definition) is 4. The van der Waals surface area contributed by atoms with E-state index in [4.69, 9.17) is 4.74 Å². The number of carbonyl (C=O) groups excluding carboxylic acids is 1. The van der Waals surface area contributed by atoms with Crippen LogP contribution in [0.3, 0.4) is 0 Å². The fourth-order valence-corrected chi connectivity index (χ4v) is 3.67. The Hall–Kier alpha value is -2.73. The maximum Gasteiger partial charge on any atom is 0.262 e. The Morgan fingerprint density at radius 3 is 2.71 bits per heavy atom. The molecule has 0 bridgehead atoms. The average molecular weight is 396 g/mol. The van der Waals surface area contributed by atoms with E-state index >= 15 is 0 Å². The van der Waals surface area contributed by atoms with Gasteiger partial charge in [-0.2, -0.15) is 0 Å². The summed E-state index contributed by atoms with van der Waals surface area (Å²) < 4.78 is 7.77. The minimum atomic E-state index is -0.188. The van der Waals surface area contributed by atoms with Crippen molar-refractivity contribution >= 4 is 23.4 Å². The molecule has 6 heteroatoms. The van der Waals surface area contributed by atoms with Gasteiger partial charge in [-0.05, 0) is 47.9 Å². The molecule has 0 aliphatic rings. The molecule has 0 saturated heterocycles. The smallest absolute Gasteiger partial charge is 0.262 e. The maximum atomic E-state index is 12.5. The lowest BCUT2D eigenvalue weighted by Gasteiger charge is -2.16. The Bertz CT molecular complexity index is 939. The van der Waals surface area contributed by atoms with Crippen LogP contribution < -0.4 is 10.1 Å². The predicted molar refractivity (Wildman–Crippen MR) is 113 cm³/mol. The van der Waals surface area contributed by atoms with Gasteiger partial charge in [0.25, 0.3) is 5.91 Å². The highest BCUT2D eigenvalue weighted by Crippen LogP contribution is 2.32. The van der Waals surface area contributed by atoms with E-state index in [-0.39, 0.29) is 12.5 Å². The number of hydrogen-bond donors (Lipinski definition) is 1. The van der Waals surface area contributed by atoms with Crippen LogP contribution in [0.1, 0.15) is 31.7 Å². The maximum absolute atomic E-state index is 12.5. The number of nitrogens with zero attached hydrogens (tertiary/aromatic N) is 2. The van der Waals surface area contributed by atoms with Crippen molar-refractivity contribution in [1.82, 2.24) is 9.55 Å². The van der Waals surface area contributed by atoms with Gasteiger partial charge >= 0.3 is 0 Å². The van der Waals surface area contributed by atoms with Crippen LogP contribution in [-0.4, -0.2) is 22.1 Å². The van der Waals surface area contributed by atoms with Gasteiger partial charge in [0, 0.05) is 24.3 Å². The zero-order valence-electron chi connectivity index (χ0n) is 16.4. The molecule has 2 aromatic carbocycles. The number of nitrogens with one attached hydrogen (secondary N) is 1. The molecule has 1 unspecified atom stereocenters. The number of aryl methyl sites for hydroxylation is 1. The fourth-order valence-electron chi connectivity index (χ4n) is 2.78. The standard InChI is InChI=1S/C22H25N3O2S/c1-4-16(2)17-9-5-7-11-19(17)27-15-21(26)24-18-10-6-8-12-20(18)28-22-23-13-14-25(22)3/h5-14,16H,4,15H2,1-3H3,(H,24,26). The lowest BCUT2D eigenvalue weighted by molar-refractivity contribution is -0.118. The molecular weight excluding hydrogens is 370 g/mol. The summed E-state index contributed by atoms with van der Waals surface area (Å²) in [5.74, 6) is 0.962. The molecule has 1 atom stereocenters. The number of ether oxygens (including phenoxy) is 1. The molecule has 3 aromatic rings. The van der Waals surface area contributed by atoms with Gasteiger partial charge in [-0.3, -0.25) is 4.79 Å². The van der Waals surface area contributed by atoms with Gasteiger partial charge in [-0.15, -0.1) is 0 Å². The highest BCUT2D eigenvalue weighted by molar-refractivity contribution is 7.99. The van der Waals surface area contributed by atoms with E-state index in [1.54, 1.807) is 6.20 Å². The van der Waals surface area contributed by atoms with Crippen molar-refractivity contribution < 1.29 is 9.53 Å². The number of imidazole rings is 1. The van der Waals surface area contributed by atoms with Gasteiger partial charge in [0.1, 0.15) is 5.75 Å². The van der Waals surface area contributed by atoms with E-state index in [9.17, 15) is 4.79 Å². The van der Waals surface area contributed by atoms with Crippen molar-refractivity contribution in [3.8, 4) is 5.75 Å². The fraction of sp³-hybridized carbons (Fsp3) is 0.273. The third-order valence-corrected chi connectivity index (χ3v) is 5.71. The van der Waals surface area contributed by atoms with E-state index in [1.807, 2.05) is 60.3 Å². The topological polar surface area (TPSA) is 56.1 Å². The molecule has 0 saturated carbocycles. The molecule has 0 fully saturated rings. The Labute approximate surface area is 170 Å². The summed E-state index contributed by atoms with van der Waals surface area (Å²) in [6.07, 6.45) is 4.67. The average Bonchev–Trinajstić information content (AvgIpc) is 3.12. The molecule has 1 heterocycles. The number of amides is 1. The van der Waals surface area contributed by atoms with Crippen LogP contribution in [0.2, 0.25) is 0 Å². The van der Waals surface area contributed by atoms with Gasteiger partial charge in [0.05, 0.1) is 5.69 Å². The van der Waals surface area contributed by atoms with E-state index < -0.39 is 0 Å². The number of rotatable bonds is 8. The first-order valence-electron chi connectivity index (χ1n) is 9.34. The molecule has 0 aliphatic carbocycles. The van der Waals surface area contributed by atoms with E-state index in [1.165, 1.54) is 11.8 Å². The third-order valence-electron chi connectivity index (χ3n) is 4.56. The van der Waals surface area contributed by atoms with Crippen molar-refractivity contribution in [3.63, 3.8) is 0 Å². The second kappa shape index (κ2) is 9.46. The summed E-state index contributed by atoms with van der Waals surface area (Å²) >= 11 is 1.51. The second-order valence-corrected chi connectivity index (χ2v) is 7.61. The third kappa shape index (κ3) is 4.95. The van der Waals surface area contributed by atoms with Crippen LogP contribution in [0, 0.1) is 0 Å². The summed E-state index contributed by atoms with van der Waals surface area (Å²) in [6.45, 7) is 4.27. The summed E-state index contributed by atoms with van der Waals surface area (Å²) in [5, 5.41) is 3.82. The Morgan fingerprint density at radius 1 is 1.21 bits per heavy atom. The van der Waals surface area contributed by atoms with Crippen molar-refractivity contribution in [2.24, 2.45) is 7.05 Å². The summed E-state index contributed by atoms with van der Waals surface area (Å²) in [6, 6.07) is 15.6. The van der Waals surface area contributed by atoms with Gasteiger partial charge in [0.15, 0.2) is 11.8 Å². The van der Waals surface area contributed by atoms with E-state index in [0.717, 1.165) is 33.5 Å². The van der Waals surface area contributed by atoms with Crippen LogP contribution in [-0.2, 0) is 11.8 Å². The van der Waals surface area contributed by atoms with Crippen LogP contribution in [0.4, 0.5) is 5.69 Å². The molecule has 0 spiro atoms. The van der Waals surface area contributed by atoms with Crippen molar-refractivity contribution in [2.75, 3.05) is 11.9 Å².